The average molecular weight is 466 g/mol. The fraction of sp³-hybridized carbons (Fsp3) is 0.346. The first-order valence-corrected chi connectivity index (χ1v) is 12.9. The van der Waals surface area contributed by atoms with E-state index >= 15 is 0 Å². The van der Waals surface area contributed by atoms with E-state index in [0.717, 1.165) is 42.4 Å². The highest BCUT2D eigenvalue weighted by Crippen LogP contribution is 2.30. The maximum atomic E-state index is 13.1. The lowest BCUT2D eigenvalue weighted by atomic mass is 9.98. The first kappa shape index (κ1) is 23.1. The van der Waals surface area contributed by atoms with Crippen molar-refractivity contribution in [2.75, 3.05) is 22.7 Å². The van der Waals surface area contributed by atoms with Crippen molar-refractivity contribution in [1.82, 2.24) is 5.32 Å². The van der Waals surface area contributed by atoms with Crippen molar-refractivity contribution in [2.24, 2.45) is 5.92 Å². The second kappa shape index (κ2) is 9.43. The summed E-state index contributed by atoms with van der Waals surface area (Å²) in [5.74, 6) is 0.465. The van der Waals surface area contributed by atoms with Gasteiger partial charge in [-0.15, -0.1) is 0 Å². The quantitative estimate of drug-likeness (QED) is 0.536. The van der Waals surface area contributed by atoms with E-state index in [0.29, 0.717) is 17.2 Å². The predicted molar refractivity (Wildman–Crippen MR) is 134 cm³/mol. The Morgan fingerprint density at radius 1 is 0.970 bits per heavy atom. The molecule has 1 aliphatic rings. The second-order valence-electron chi connectivity index (χ2n) is 9.14. The van der Waals surface area contributed by atoms with Gasteiger partial charge in [0.15, 0.2) is 0 Å². The van der Waals surface area contributed by atoms with Crippen LogP contribution in [0, 0.1) is 5.92 Å². The molecule has 6 nitrogen and oxygen atoms in total. The number of nitrogens with one attached hydrogen (secondary N) is 2. The van der Waals surface area contributed by atoms with Crippen molar-refractivity contribution < 1.29 is 13.2 Å². The van der Waals surface area contributed by atoms with Crippen molar-refractivity contribution in [3.05, 3.63) is 66.2 Å². The third-order valence-electron chi connectivity index (χ3n) is 6.07. The molecular formula is C26H31N3O3S. The monoisotopic (exact) mass is 465 g/mol. The number of hydrogen-bond donors (Lipinski definition) is 2. The molecule has 0 spiro atoms. The molecule has 3 aromatic rings. The van der Waals surface area contributed by atoms with Crippen LogP contribution in [0.15, 0.2) is 65.6 Å². The number of benzene rings is 3. The Morgan fingerprint density at radius 2 is 1.67 bits per heavy atom. The van der Waals surface area contributed by atoms with Crippen LogP contribution in [0.3, 0.4) is 0 Å². The molecule has 0 unspecified atom stereocenters. The van der Waals surface area contributed by atoms with E-state index in [1.165, 1.54) is 0 Å². The van der Waals surface area contributed by atoms with Crippen LogP contribution in [-0.4, -0.2) is 33.5 Å². The summed E-state index contributed by atoms with van der Waals surface area (Å²) in [5, 5.41) is 4.78. The van der Waals surface area contributed by atoms with Crippen LogP contribution < -0.4 is 14.9 Å². The van der Waals surface area contributed by atoms with Gasteiger partial charge in [0.2, 0.25) is 0 Å². The number of carbonyl (C=O) groups is 1. The van der Waals surface area contributed by atoms with Crippen LogP contribution >= 0.6 is 0 Å². The van der Waals surface area contributed by atoms with E-state index in [2.05, 4.69) is 21.9 Å². The molecule has 1 amide bonds. The van der Waals surface area contributed by atoms with Crippen LogP contribution in [0.25, 0.3) is 10.8 Å². The van der Waals surface area contributed by atoms with Crippen molar-refractivity contribution >= 4 is 38.1 Å². The van der Waals surface area contributed by atoms with Gasteiger partial charge in [0.1, 0.15) is 0 Å². The van der Waals surface area contributed by atoms with E-state index in [1.807, 2.05) is 44.2 Å². The standard InChI is InChI=1S/C26H31N3O3S/c1-18(2)27-26(30)24-17-22(9-11-25(24)29-14-12-19(3)13-15-29)28-33(31,32)23-10-8-20-6-4-5-7-21(20)16-23/h4-11,16-19,28H,12-15H2,1-3H3,(H,27,30). The lowest BCUT2D eigenvalue weighted by molar-refractivity contribution is 0.0943. The number of fused-ring (bicyclic) bond motifs is 1. The highest BCUT2D eigenvalue weighted by Gasteiger charge is 2.23. The lowest BCUT2D eigenvalue weighted by Crippen LogP contribution is -2.36. The van der Waals surface area contributed by atoms with Gasteiger partial charge in [-0.3, -0.25) is 9.52 Å². The number of rotatable bonds is 6. The number of carbonyl (C=O) groups excluding carboxylic acids is 1. The van der Waals surface area contributed by atoms with Gasteiger partial charge in [-0.05, 0) is 73.7 Å². The minimum absolute atomic E-state index is 0.0234. The lowest BCUT2D eigenvalue weighted by Gasteiger charge is -2.33. The first-order valence-electron chi connectivity index (χ1n) is 11.4. The number of nitrogens with zero attached hydrogens (tertiary/aromatic N) is 1. The van der Waals surface area contributed by atoms with Crippen LogP contribution in [-0.2, 0) is 10.0 Å². The third kappa shape index (κ3) is 5.30. The number of sulfonamides is 1. The number of hydrogen-bond acceptors (Lipinski definition) is 4. The Morgan fingerprint density at radius 3 is 2.36 bits per heavy atom. The Hall–Kier alpha value is -3.06. The topological polar surface area (TPSA) is 78.5 Å². The fourth-order valence-electron chi connectivity index (χ4n) is 4.20. The number of piperidine rings is 1. The zero-order chi connectivity index (χ0) is 23.6. The molecular weight excluding hydrogens is 434 g/mol. The highest BCUT2D eigenvalue weighted by atomic mass is 32.2. The van der Waals surface area contributed by atoms with Gasteiger partial charge in [-0.2, -0.15) is 0 Å². The fourth-order valence-corrected chi connectivity index (χ4v) is 5.28. The molecule has 0 aromatic heterocycles. The summed E-state index contributed by atoms with van der Waals surface area (Å²) >= 11 is 0. The molecule has 1 saturated heterocycles. The molecule has 33 heavy (non-hydrogen) atoms. The molecule has 3 aromatic carbocycles. The zero-order valence-electron chi connectivity index (χ0n) is 19.3. The maximum absolute atomic E-state index is 13.1. The van der Waals surface area contributed by atoms with Crippen molar-refractivity contribution in [2.45, 2.75) is 44.6 Å². The van der Waals surface area contributed by atoms with Gasteiger partial charge in [-0.25, -0.2) is 8.42 Å². The largest absolute Gasteiger partial charge is 0.371 e. The molecule has 7 heteroatoms. The minimum atomic E-state index is -3.81. The van der Waals surface area contributed by atoms with E-state index in [9.17, 15) is 13.2 Å². The van der Waals surface area contributed by atoms with E-state index in [1.54, 1.807) is 30.3 Å². The van der Waals surface area contributed by atoms with Gasteiger partial charge in [-0.1, -0.05) is 37.3 Å². The van der Waals surface area contributed by atoms with Gasteiger partial charge < -0.3 is 10.2 Å². The zero-order valence-corrected chi connectivity index (χ0v) is 20.2. The first-order chi connectivity index (χ1) is 15.7. The second-order valence-corrected chi connectivity index (χ2v) is 10.8. The summed E-state index contributed by atoms with van der Waals surface area (Å²) in [6.07, 6.45) is 2.14. The number of amides is 1. The van der Waals surface area contributed by atoms with Gasteiger partial charge in [0, 0.05) is 30.5 Å². The molecule has 0 radical (unpaired) electrons. The SMILES string of the molecule is CC1CCN(c2ccc(NS(=O)(=O)c3ccc4ccccc4c3)cc2C(=O)NC(C)C)CC1. The molecule has 1 heterocycles. The van der Waals surface area contributed by atoms with Crippen LogP contribution in [0.2, 0.25) is 0 Å². The molecule has 0 atom stereocenters. The van der Waals surface area contributed by atoms with Gasteiger partial charge >= 0.3 is 0 Å². The molecule has 174 valence electrons. The van der Waals surface area contributed by atoms with Crippen LogP contribution in [0.5, 0.6) is 0 Å². The molecule has 0 bridgehead atoms. The van der Waals surface area contributed by atoms with Gasteiger partial charge in [0.25, 0.3) is 15.9 Å². The number of anilines is 2. The van der Waals surface area contributed by atoms with Crippen LogP contribution in [0.4, 0.5) is 11.4 Å². The highest BCUT2D eigenvalue weighted by molar-refractivity contribution is 7.92. The summed E-state index contributed by atoms with van der Waals surface area (Å²) < 4.78 is 28.9. The Bertz CT molecular complexity index is 1260. The normalized spacial score (nSPS) is 15.1. The molecule has 4 rings (SSSR count). The Kier molecular flexibility index (Phi) is 6.61. The Balaban J connectivity index is 1.66. The summed E-state index contributed by atoms with van der Waals surface area (Å²) in [7, 11) is -3.81. The molecule has 1 fully saturated rings. The summed E-state index contributed by atoms with van der Waals surface area (Å²) in [6, 6.07) is 17.9. The van der Waals surface area contributed by atoms with E-state index < -0.39 is 10.0 Å². The van der Waals surface area contributed by atoms with Gasteiger partial charge in [0.05, 0.1) is 10.5 Å². The van der Waals surface area contributed by atoms with Crippen molar-refractivity contribution in [1.29, 1.82) is 0 Å². The molecule has 0 aliphatic carbocycles. The van der Waals surface area contributed by atoms with E-state index in [-0.39, 0.29) is 16.8 Å². The molecule has 1 aliphatic heterocycles. The van der Waals surface area contributed by atoms with E-state index in [4.69, 9.17) is 0 Å². The predicted octanol–water partition coefficient (Wildman–Crippen LogP) is 5.02. The maximum Gasteiger partial charge on any atom is 0.261 e. The molecule has 0 saturated carbocycles. The minimum Gasteiger partial charge on any atom is -0.371 e. The van der Waals surface area contributed by atoms with Crippen molar-refractivity contribution in [3.63, 3.8) is 0 Å². The van der Waals surface area contributed by atoms with Crippen LogP contribution in [0.1, 0.15) is 44.0 Å². The summed E-state index contributed by atoms with van der Waals surface area (Å²) in [6.45, 7) is 7.82. The third-order valence-corrected chi connectivity index (χ3v) is 7.45. The average Bonchev–Trinajstić information content (AvgIpc) is 2.78. The molecule has 2 N–H and O–H groups in total. The Labute approximate surface area is 196 Å². The summed E-state index contributed by atoms with van der Waals surface area (Å²) in [4.78, 5) is 15.4. The van der Waals surface area contributed by atoms with Crippen molar-refractivity contribution in [3.8, 4) is 0 Å². The smallest absolute Gasteiger partial charge is 0.261 e. The summed E-state index contributed by atoms with van der Waals surface area (Å²) in [5.41, 5.74) is 1.69.